The first-order valence-corrected chi connectivity index (χ1v) is 9.97. The van der Waals surface area contributed by atoms with E-state index >= 15 is 0 Å². The van der Waals surface area contributed by atoms with Gasteiger partial charge in [0.1, 0.15) is 5.82 Å². The number of rotatable bonds is 10. The summed E-state index contributed by atoms with van der Waals surface area (Å²) >= 11 is 0. The summed E-state index contributed by atoms with van der Waals surface area (Å²) in [5.41, 5.74) is 0.202. The van der Waals surface area contributed by atoms with E-state index < -0.39 is 44.0 Å². The maximum atomic E-state index is 14.7. The predicted molar refractivity (Wildman–Crippen MR) is 106 cm³/mol. The maximum absolute atomic E-state index is 14.7. The number of carbonyl (C=O) groups excluding carboxylic acids is 2. The van der Waals surface area contributed by atoms with Gasteiger partial charge in [-0.1, -0.05) is 0 Å². The van der Waals surface area contributed by atoms with Crippen molar-refractivity contribution in [1.29, 1.82) is 0 Å². The standard InChI is InChI=1S/C19H26F4N4O5/c20-5-1-2-17(29)27-7-6-25(8-9-32-27)16-4-3-13(10-15(16)21)26(31)12-14(28)11-24-19(30)18(22)23/h3-4,10,14,18,28,31H,1-2,5-9,11-12H2,(H,24,30)/t14-/m0/s1. The number of halogens is 4. The quantitative estimate of drug-likeness (QED) is 0.350. The Morgan fingerprint density at radius 2 is 2.00 bits per heavy atom. The largest absolute Gasteiger partial charge is 0.389 e. The Kier molecular flexibility index (Phi) is 9.94. The van der Waals surface area contributed by atoms with Crippen molar-refractivity contribution in [3.63, 3.8) is 0 Å². The number of aliphatic hydroxyl groups excluding tert-OH is 1. The molecule has 0 spiro atoms. The van der Waals surface area contributed by atoms with Gasteiger partial charge < -0.3 is 15.3 Å². The molecule has 0 saturated carbocycles. The van der Waals surface area contributed by atoms with Gasteiger partial charge in [-0.25, -0.2) is 9.45 Å². The highest BCUT2D eigenvalue weighted by Crippen LogP contribution is 2.25. The van der Waals surface area contributed by atoms with Crippen molar-refractivity contribution in [2.24, 2.45) is 0 Å². The maximum Gasteiger partial charge on any atom is 0.315 e. The first kappa shape index (κ1) is 25.6. The van der Waals surface area contributed by atoms with Crippen LogP contribution in [0.3, 0.4) is 0 Å². The van der Waals surface area contributed by atoms with Crippen molar-refractivity contribution in [3.05, 3.63) is 24.0 Å². The lowest BCUT2D eigenvalue weighted by Gasteiger charge is -2.25. The number of hydrogen-bond acceptors (Lipinski definition) is 7. The molecule has 2 rings (SSSR count). The van der Waals surface area contributed by atoms with E-state index in [1.54, 1.807) is 4.90 Å². The number of aliphatic hydroxyl groups is 1. The van der Waals surface area contributed by atoms with Crippen molar-refractivity contribution >= 4 is 23.2 Å². The highest BCUT2D eigenvalue weighted by Gasteiger charge is 2.23. The molecular formula is C19H26F4N4O5. The molecule has 0 aromatic heterocycles. The Hall–Kier alpha value is -2.64. The second-order valence-corrected chi connectivity index (χ2v) is 7.03. The van der Waals surface area contributed by atoms with E-state index in [-0.39, 0.29) is 56.4 Å². The number of alkyl halides is 3. The van der Waals surface area contributed by atoms with Crippen LogP contribution in [0.1, 0.15) is 12.8 Å². The highest BCUT2D eigenvalue weighted by atomic mass is 19.3. The van der Waals surface area contributed by atoms with Gasteiger partial charge in [-0.3, -0.25) is 29.1 Å². The third-order valence-electron chi connectivity index (χ3n) is 4.65. The SMILES string of the molecule is O=C(NC[C@H](O)CN(O)c1ccc(N2CCON(C(=O)CCCF)CC2)c(F)c1)C(F)F. The molecule has 180 valence electrons. The molecule has 32 heavy (non-hydrogen) atoms. The summed E-state index contributed by atoms with van der Waals surface area (Å²) in [6, 6.07) is 3.81. The van der Waals surface area contributed by atoms with E-state index in [9.17, 15) is 37.5 Å². The fourth-order valence-electron chi connectivity index (χ4n) is 3.01. The first-order valence-electron chi connectivity index (χ1n) is 9.97. The van der Waals surface area contributed by atoms with Crippen molar-refractivity contribution in [1.82, 2.24) is 10.4 Å². The Morgan fingerprint density at radius 1 is 1.25 bits per heavy atom. The van der Waals surface area contributed by atoms with Crippen LogP contribution in [0.25, 0.3) is 0 Å². The topological polar surface area (TPSA) is 106 Å². The lowest BCUT2D eigenvalue weighted by atomic mass is 10.2. The summed E-state index contributed by atoms with van der Waals surface area (Å²) < 4.78 is 51.2. The number of carbonyl (C=O) groups is 2. The third kappa shape index (κ3) is 7.50. The van der Waals surface area contributed by atoms with Crippen LogP contribution in [0.5, 0.6) is 0 Å². The number of benzene rings is 1. The summed E-state index contributed by atoms with van der Waals surface area (Å²) in [6.07, 6.45) is -4.49. The number of nitrogens with one attached hydrogen (secondary N) is 1. The second-order valence-electron chi connectivity index (χ2n) is 7.03. The molecule has 1 aromatic rings. The first-order chi connectivity index (χ1) is 15.2. The minimum atomic E-state index is -3.22. The van der Waals surface area contributed by atoms with Gasteiger partial charge in [-0.2, -0.15) is 8.78 Å². The van der Waals surface area contributed by atoms with Gasteiger partial charge in [-0.15, -0.1) is 0 Å². The van der Waals surface area contributed by atoms with Gasteiger partial charge >= 0.3 is 6.43 Å². The molecule has 0 aliphatic carbocycles. The summed E-state index contributed by atoms with van der Waals surface area (Å²) in [5.74, 6) is -2.58. The van der Waals surface area contributed by atoms with E-state index in [0.717, 1.165) is 11.1 Å². The summed E-state index contributed by atoms with van der Waals surface area (Å²) in [5, 5.41) is 23.3. The van der Waals surface area contributed by atoms with Crippen molar-refractivity contribution in [3.8, 4) is 0 Å². The monoisotopic (exact) mass is 466 g/mol. The average molecular weight is 466 g/mol. The van der Waals surface area contributed by atoms with Crippen LogP contribution in [-0.2, 0) is 14.4 Å². The highest BCUT2D eigenvalue weighted by molar-refractivity contribution is 5.79. The minimum Gasteiger partial charge on any atom is -0.389 e. The van der Waals surface area contributed by atoms with E-state index in [2.05, 4.69) is 0 Å². The fraction of sp³-hybridized carbons (Fsp3) is 0.579. The molecule has 13 heteroatoms. The van der Waals surface area contributed by atoms with Gasteiger partial charge in [0.2, 0.25) is 5.91 Å². The smallest absolute Gasteiger partial charge is 0.315 e. The number of hydroxylamine groups is 3. The Morgan fingerprint density at radius 3 is 2.66 bits per heavy atom. The molecular weight excluding hydrogens is 440 g/mol. The van der Waals surface area contributed by atoms with Crippen LogP contribution in [0.2, 0.25) is 0 Å². The summed E-state index contributed by atoms with van der Waals surface area (Å²) in [7, 11) is 0. The molecule has 1 saturated heterocycles. The summed E-state index contributed by atoms with van der Waals surface area (Å²) in [6.45, 7) is -0.755. The molecule has 9 nitrogen and oxygen atoms in total. The van der Waals surface area contributed by atoms with Crippen LogP contribution in [0.4, 0.5) is 28.9 Å². The summed E-state index contributed by atoms with van der Waals surface area (Å²) in [4.78, 5) is 29.8. The normalized spacial score (nSPS) is 15.5. The van der Waals surface area contributed by atoms with Crippen LogP contribution in [0.15, 0.2) is 18.2 Å². The van der Waals surface area contributed by atoms with E-state index in [1.807, 2.05) is 5.32 Å². The number of nitrogens with zero attached hydrogens (tertiary/aromatic N) is 3. The molecule has 3 N–H and O–H groups in total. The van der Waals surface area contributed by atoms with Gasteiger partial charge in [0.25, 0.3) is 5.91 Å². The Bertz CT molecular complexity index is 773. The average Bonchev–Trinajstić information content (AvgIpc) is 3.01. The van der Waals surface area contributed by atoms with E-state index in [0.29, 0.717) is 5.06 Å². The van der Waals surface area contributed by atoms with Gasteiger partial charge in [0.05, 0.1) is 43.8 Å². The van der Waals surface area contributed by atoms with Crippen LogP contribution >= 0.6 is 0 Å². The molecule has 1 aromatic carbocycles. The number of hydrogen-bond donors (Lipinski definition) is 3. The zero-order chi connectivity index (χ0) is 23.7. The molecule has 1 atom stereocenters. The Balaban J connectivity index is 1.93. The van der Waals surface area contributed by atoms with Crippen LogP contribution in [0, 0.1) is 5.82 Å². The molecule has 0 radical (unpaired) electrons. The molecule has 0 bridgehead atoms. The third-order valence-corrected chi connectivity index (χ3v) is 4.65. The molecule has 2 amide bonds. The van der Waals surface area contributed by atoms with Gasteiger partial charge in [0, 0.05) is 32.1 Å². The van der Waals surface area contributed by atoms with Crippen molar-refractivity contribution < 1.29 is 42.3 Å². The molecule has 0 unspecified atom stereocenters. The number of amides is 2. The van der Waals surface area contributed by atoms with Crippen LogP contribution < -0.4 is 15.3 Å². The predicted octanol–water partition coefficient (Wildman–Crippen LogP) is 1.09. The van der Waals surface area contributed by atoms with Gasteiger partial charge in [0.15, 0.2) is 0 Å². The minimum absolute atomic E-state index is 0.000384. The fourth-order valence-corrected chi connectivity index (χ4v) is 3.01. The molecule has 1 aliphatic heterocycles. The zero-order valence-corrected chi connectivity index (χ0v) is 17.2. The zero-order valence-electron chi connectivity index (χ0n) is 17.2. The van der Waals surface area contributed by atoms with Crippen LogP contribution in [-0.4, -0.2) is 85.7 Å². The molecule has 1 aliphatic rings. The van der Waals surface area contributed by atoms with Crippen molar-refractivity contribution in [2.45, 2.75) is 25.4 Å². The van der Waals surface area contributed by atoms with Gasteiger partial charge in [-0.05, 0) is 18.6 Å². The lowest BCUT2D eigenvalue weighted by Crippen LogP contribution is -2.41. The second kappa shape index (κ2) is 12.4. The van der Waals surface area contributed by atoms with Crippen molar-refractivity contribution in [2.75, 3.05) is 56.0 Å². The number of anilines is 2. The molecule has 1 fully saturated rings. The lowest BCUT2D eigenvalue weighted by molar-refractivity contribution is -0.182. The molecule has 1 heterocycles. The van der Waals surface area contributed by atoms with E-state index in [1.165, 1.54) is 12.1 Å². The van der Waals surface area contributed by atoms with E-state index in [4.69, 9.17) is 4.84 Å². The Labute approximate surface area is 182 Å².